The highest BCUT2D eigenvalue weighted by atomic mass is 79.9. The summed E-state index contributed by atoms with van der Waals surface area (Å²) in [6.07, 6.45) is 16.9. The van der Waals surface area contributed by atoms with Gasteiger partial charge in [-0.25, -0.2) is 0 Å². The molecule has 3 atom stereocenters. The molecule has 4 rings (SSSR count). The molecule has 0 amide bonds. The zero-order valence-corrected chi connectivity index (χ0v) is 44.6. The second-order valence-corrected chi connectivity index (χ2v) is 23.2. The smallest absolute Gasteiger partial charge is 0.307 e. The fraction of sp³-hybridized carbons (Fsp3) is 0.439. The average molecular weight is 1270 g/mol. The number of rotatable bonds is 21. The number of carbonyl (C=O) groups is 2. The zero-order valence-electron chi connectivity index (χ0n) is 33.5. The van der Waals surface area contributed by atoms with E-state index in [2.05, 4.69) is 103 Å². The normalized spacial score (nSPS) is 20.5. The molecule has 0 aliphatic carbocycles. The molecule has 2 aliphatic heterocycles. The summed E-state index contributed by atoms with van der Waals surface area (Å²) in [5.74, 6) is -4.09. The lowest BCUT2D eigenvalue weighted by Crippen LogP contribution is -2.41. The topological polar surface area (TPSA) is 190 Å². The number of aliphatic carboxylic acids is 2. The van der Waals surface area contributed by atoms with Crippen LogP contribution in [0.1, 0.15) is 89.7 Å². The van der Waals surface area contributed by atoms with E-state index in [-0.39, 0.29) is 19.4 Å². The van der Waals surface area contributed by atoms with Gasteiger partial charge in [-0.2, -0.15) is 21.4 Å². The summed E-state index contributed by atoms with van der Waals surface area (Å²) in [5.41, 5.74) is 2.22. The number of carboxylic acid groups (broad SMARTS) is 2. The zero-order chi connectivity index (χ0) is 45.7. The molecule has 12 nitrogen and oxygen atoms in total. The summed E-state index contributed by atoms with van der Waals surface area (Å²) in [7, 11) is -8.80. The van der Waals surface area contributed by atoms with Crippen LogP contribution in [0, 0.1) is 5.92 Å². The van der Waals surface area contributed by atoms with Crippen molar-refractivity contribution < 1.29 is 50.3 Å². The Hall–Kier alpha value is -1.49. The molecule has 0 saturated heterocycles. The predicted octanol–water partition coefficient (Wildman–Crippen LogP) is 12.0. The molecule has 20 heteroatoms. The summed E-state index contributed by atoms with van der Waals surface area (Å²) in [6.45, 7) is 6.12. The van der Waals surface area contributed by atoms with Gasteiger partial charge in [-0.15, -0.1) is 0 Å². The quantitative estimate of drug-likeness (QED) is 0.0306. The lowest BCUT2D eigenvalue weighted by molar-refractivity contribution is -0.437. The fourth-order valence-corrected chi connectivity index (χ4v) is 13.0. The molecule has 3 unspecified atom stereocenters. The number of unbranched alkanes of at least 4 members (excludes halogenated alkanes) is 3. The van der Waals surface area contributed by atoms with Crippen molar-refractivity contribution in [3.8, 4) is 0 Å². The van der Waals surface area contributed by atoms with Crippen LogP contribution in [-0.2, 0) is 40.7 Å². The molecule has 0 saturated carbocycles. The van der Waals surface area contributed by atoms with Gasteiger partial charge in [0.1, 0.15) is 6.54 Å². The second kappa shape index (κ2) is 21.7. The van der Waals surface area contributed by atoms with Crippen LogP contribution in [0.25, 0.3) is 0 Å². The predicted molar refractivity (Wildman–Crippen MR) is 260 cm³/mol. The number of nitrogens with zero attached hydrogens (tertiary/aromatic N) is 2. The minimum atomic E-state index is -4.58. The van der Waals surface area contributed by atoms with Crippen LogP contribution >= 0.6 is 95.6 Å². The van der Waals surface area contributed by atoms with Crippen molar-refractivity contribution in [2.75, 3.05) is 23.1 Å². The van der Waals surface area contributed by atoms with E-state index >= 15 is 0 Å². The Balaban J connectivity index is 1.80. The maximum atomic E-state index is 13.0. The first kappa shape index (κ1) is 52.1. The van der Waals surface area contributed by atoms with Gasteiger partial charge < -0.3 is 15.1 Å². The van der Waals surface area contributed by atoms with E-state index in [0.29, 0.717) is 62.5 Å². The molecule has 2 aromatic carbocycles. The summed E-state index contributed by atoms with van der Waals surface area (Å²) < 4.78 is 74.2. The van der Waals surface area contributed by atoms with Crippen molar-refractivity contribution in [3.63, 3.8) is 0 Å². The Bertz CT molecular complexity index is 2440. The highest BCUT2D eigenvalue weighted by molar-refractivity contribution is 9.15. The monoisotopic (exact) mass is 1260 g/mol. The molecular formula is C41H47Br6N2O10S2+. The second-order valence-electron chi connectivity index (χ2n) is 15.3. The lowest BCUT2D eigenvalue weighted by Gasteiger charge is -2.35. The Morgan fingerprint density at radius 3 is 1.98 bits per heavy atom. The van der Waals surface area contributed by atoms with Gasteiger partial charge >= 0.3 is 11.9 Å². The summed E-state index contributed by atoms with van der Waals surface area (Å²) in [6, 6.07) is 3.66. The lowest BCUT2D eigenvalue weighted by atomic mass is 9.69. The van der Waals surface area contributed by atoms with Crippen molar-refractivity contribution in [3.05, 3.63) is 98.3 Å². The number of benzene rings is 2. The number of carboxylic acids is 2. The highest BCUT2D eigenvalue weighted by Crippen LogP contribution is 2.58. The van der Waals surface area contributed by atoms with Gasteiger partial charge in [0.05, 0.1) is 22.6 Å². The minimum absolute atomic E-state index is 0.0690. The van der Waals surface area contributed by atoms with Crippen molar-refractivity contribution >= 4 is 145 Å². The van der Waals surface area contributed by atoms with Gasteiger partial charge in [0.2, 0.25) is 5.69 Å². The van der Waals surface area contributed by atoms with E-state index in [9.17, 15) is 45.7 Å². The van der Waals surface area contributed by atoms with Crippen LogP contribution in [0.2, 0.25) is 0 Å². The highest BCUT2D eigenvalue weighted by Gasteiger charge is 2.54. The number of hydrogen-bond acceptors (Lipinski definition) is 7. The van der Waals surface area contributed by atoms with Gasteiger partial charge in [-0.3, -0.25) is 18.7 Å². The number of fused-ring (bicyclic) bond motifs is 2. The third-order valence-corrected chi connectivity index (χ3v) is 19.1. The van der Waals surface area contributed by atoms with Crippen LogP contribution in [0.15, 0.2) is 87.2 Å². The van der Waals surface area contributed by atoms with Crippen molar-refractivity contribution in [1.29, 1.82) is 0 Å². The maximum absolute atomic E-state index is 13.0. The van der Waals surface area contributed by atoms with Crippen LogP contribution in [0.5, 0.6) is 0 Å². The number of anilines is 1. The largest absolute Gasteiger partial charge is 0.481 e. The van der Waals surface area contributed by atoms with Crippen molar-refractivity contribution in [2.45, 2.75) is 89.4 Å². The van der Waals surface area contributed by atoms with Crippen molar-refractivity contribution in [2.24, 2.45) is 5.92 Å². The van der Waals surface area contributed by atoms with Gasteiger partial charge in [0, 0.05) is 74.2 Å². The third-order valence-electron chi connectivity index (χ3n) is 11.1. The third kappa shape index (κ3) is 12.2. The molecule has 0 bridgehead atoms. The molecule has 0 radical (unpaired) electrons. The molecule has 2 heterocycles. The van der Waals surface area contributed by atoms with E-state index in [1.807, 2.05) is 29.7 Å². The first-order valence-corrected chi connectivity index (χ1v) is 27.2. The van der Waals surface area contributed by atoms with E-state index in [1.54, 1.807) is 43.4 Å². The molecular weight excluding hydrogens is 1220 g/mol. The number of allylic oxidation sites excluding steroid dienone is 8. The Morgan fingerprint density at radius 1 is 0.787 bits per heavy atom. The molecule has 2 aromatic rings. The van der Waals surface area contributed by atoms with Crippen LogP contribution in [0.4, 0.5) is 11.4 Å². The summed E-state index contributed by atoms with van der Waals surface area (Å²) in [5, 5.41) is 19.8. The standard InChI is InChI=1S/C41H46Br6N2O10S2/c1-4-5-15-25(39(52)53)41(3)31(49(24-61(57,58)59)29-23-27(43)36(45)38(47)34(29)41)17-11-8-6-7-10-16-30-40(2,19-13-9-12-18-32(50)51)33-28(22-26(42)35(44)37(33)46)48(30)20-14-21-60(54,55)56/h6-8,10-11,16-17,22-23,25H,4-5,9,12-15,18-21,24H2,1-3H3,(H3-,50,51,52,53,54,55,56,57,58,59)/p+1. The SMILES string of the molecule is CCCCC(C(=O)O)C1(C)/C(=C/C=C/C=C/C=C/C2=[N+](CCCS(=O)(=O)O)c3cc(Br)c(Br)c(Br)c3C2(C)CCCCCC(=O)O)N(CS(=O)(=O)O)c2cc(Br)c(Br)c(Br)c21. The van der Waals surface area contributed by atoms with Crippen LogP contribution < -0.4 is 4.90 Å². The molecule has 2 aliphatic rings. The Morgan fingerprint density at radius 2 is 1.39 bits per heavy atom. The summed E-state index contributed by atoms with van der Waals surface area (Å²) >= 11 is 21.8. The van der Waals surface area contributed by atoms with Crippen LogP contribution in [-0.4, -0.2) is 76.6 Å². The van der Waals surface area contributed by atoms with Gasteiger partial charge in [-0.05, 0) is 141 Å². The average Bonchev–Trinajstić information content (AvgIpc) is 3.50. The number of halogens is 6. The first-order valence-electron chi connectivity index (χ1n) is 19.3. The van der Waals surface area contributed by atoms with Gasteiger partial charge in [-0.1, -0.05) is 63.0 Å². The van der Waals surface area contributed by atoms with E-state index in [0.717, 1.165) is 43.2 Å². The van der Waals surface area contributed by atoms with Gasteiger partial charge in [0.15, 0.2) is 11.6 Å². The van der Waals surface area contributed by atoms with E-state index in [4.69, 9.17) is 0 Å². The molecule has 4 N–H and O–H groups in total. The first-order chi connectivity index (χ1) is 28.4. The van der Waals surface area contributed by atoms with E-state index < -0.39 is 60.6 Å². The molecule has 0 fully saturated rings. The fourth-order valence-electron chi connectivity index (χ4n) is 8.28. The molecule has 0 spiro atoms. The maximum Gasteiger partial charge on any atom is 0.307 e. The molecule has 0 aromatic heterocycles. The number of hydrogen-bond donors (Lipinski definition) is 4. The molecule has 61 heavy (non-hydrogen) atoms. The molecule has 334 valence electrons. The Labute approximate surface area is 408 Å². The summed E-state index contributed by atoms with van der Waals surface area (Å²) in [4.78, 5) is 25.6. The van der Waals surface area contributed by atoms with Gasteiger partial charge in [0.25, 0.3) is 20.2 Å². The van der Waals surface area contributed by atoms with Crippen LogP contribution in [0.3, 0.4) is 0 Å². The van der Waals surface area contributed by atoms with Crippen molar-refractivity contribution in [1.82, 2.24) is 0 Å². The minimum Gasteiger partial charge on any atom is -0.481 e. The van der Waals surface area contributed by atoms with E-state index in [1.165, 1.54) is 4.90 Å². The Kier molecular flexibility index (Phi) is 18.5.